The van der Waals surface area contributed by atoms with E-state index in [4.69, 9.17) is 5.73 Å². The van der Waals surface area contributed by atoms with Gasteiger partial charge in [0, 0.05) is 41.2 Å². The highest BCUT2D eigenvalue weighted by Gasteiger charge is 2.30. The summed E-state index contributed by atoms with van der Waals surface area (Å²) in [5.74, 6) is -1.71. The van der Waals surface area contributed by atoms with Crippen LogP contribution >= 0.6 is 0 Å². The van der Waals surface area contributed by atoms with Gasteiger partial charge in [-0.15, -0.1) is 0 Å². The molecule has 0 aliphatic carbocycles. The summed E-state index contributed by atoms with van der Waals surface area (Å²) in [5, 5.41) is 0. The van der Waals surface area contributed by atoms with Crippen molar-refractivity contribution in [2.24, 2.45) is 17.6 Å². The maximum Gasteiger partial charge on any atom is 0.339 e. The lowest BCUT2D eigenvalue weighted by molar-refractivity contribution is -0.124. The number of amides is 2. The molecule has 0 unspecified atom stereocenters. The summed E-state index contributed by atoms with van der Waals surface area (Å²) < 4.78 is 32.3. The molecule has 4 aromatic rings. The summed E-state index contributed by atoms with van der Waals surface area (Å²) in [6.07, 6.45) is 5.99. The Kier molecular flexibility index (Phi) is 14.9. The van der Waals surface area contributed by atoms with Crippen molar-refractivity contribution in [1.29, 1.82) is 0 Å². The third-order valence-corrected chi connectivity index (χ3v) is 10.1. The first-order valence-electron chi connectivity index (χ1n) is 18.7. The number of piperidine rings is 2. The topological polar surface area (TPSA) is 142 Å². The van der Waals surface area contributed by atoms with Gasteiger partial charge in [0.15, 0.2) is 5.78 Å². The summed E-state index contributed by atoms with van der Waals surface area (Å²) >= 11 is 0. The van der Waals surface area contributed by atoms with E-state index >= 15 is 0 Å². The number of nitrogens with zero attached hydrogens (tertiary/aromatic N) is 6. The van der Waals surface area contributed by atoms with E-state index in [1.165, 1.54) is 43.8 Å². The molecule has 2 N–H and O–H groups in total. The van der Waals surface area contributed by atoms with E-state index in [0.717, 1.165) is 51.9 Å². The lowest BCUT2D eigenvalue weighted by Crippen LogP contribution is -2.41. The highest BCUT2D eigenvalue weighted by molar-refractivity contribution is 5.97. The van der Waals surface area contributed by atoms with Gasteiger partial charge < -0.3 is 30.1 Å². The van der Waals surface area contributed by atoms with Crippen molar-refractivity contribution in [3.8, 4) is 0 Å². The van der Waals surface area contributed by atoms with E-state index in [-0.39, 0.29) is 49.1 Å². The van der Waals surface area contributed by atoms with Gasteiger partial charge in [0.05, 0.1) is 43.7 Å². The second-order valence-electron chi connectivity index (χ2n) is 14.2. The first kappa shape index (κ1) is 41.7. The van der Waals surface area contributed by atoms with Crippen LogP contribution in [0.3, 0.4) is 0 Å². The second kappa shape index (κ2) is 19.9. The van der Waals surface area contributed by atoms with Crippen LogP contribution in [0.5, 0.6) is 0 Å². The zero-order valence-electron chi connectivity index (χ0n) is 32.1. The molecule has 2 fully saturated rings. The van der Waals surface area contributed by atoms with Gasteiger partial charge in [-0.2, -0.15) is 0 Å². The molecule has 6 rings (SSSR count). The van der Waals surface area contributed by atoms with Crippen LogP contribution in [0.2, 0.25) is 0 Å². The van der Waals surface area contributed by atoms with Crippen LogP contribution in [0.1, 0.15) is 57.8 Å². The van der Waals surface area contributed by atoms with Gasteiger partial charge >= 0.3 is 5.97 Å². The number of ketones is 1. The van der Waals surface area contributed by atoms with Crippen molar-refractivity contribution in [2.45, 2.75) is 38.8 Å². The molecular formula is C42H49F2N7O5. The van der Waals surface area contributed by atoms with E-state index in [1.54, 1.807) is 58.3 Å². The number of methoxy groups -OCH3 is 1. The molecule has 0 saturated carbocycles. The predicted molar refractivity (Wildman–Crippen MR) is 209 cm³/mol. The summed E-state index contributed by atoms with van der Waals surface area (Å²) in [6.45, 7) is 3.79. The average molecular weight is 770 g/mol. The first-order chi connectivity index (χ1) is 26.9. The van der Waals surface area contributed by atoms with Crippen molar-refractivity contribution in [3.63, 3.8) is 0 Å². The molecule has 2 aliphatic heterocycles. The van der Waals surface area contributed by atoms with Crippen LogP contribution in [-0.4, -0.2) is 97.3 Å². The fraction of sp³-hybridized carbons (Fsp3) is 0.381. The lowest BCUT2D eigenvalue weighted by Gasteiger charge is -2.32. The van der Waals surface area contributed by atoms with Crippen LogP contribution in [0.15, 0.2) is 85.2 Å². The number of likely N-dealkylation sites (tertiary alicyclic amines) is 2. The fourth-order valence-electron chi connectivity index (χ4n) is 6.71. The molecule has 12 nitrogen and oxygen atoms in total. The van der Waals surface area contributed by atoms with E-state index in [1.807, 2.05) is 14.1 Å². The van der Waals surface area contributed by atoms with E-state index in [9.17, 15) is 28.0 Å². The monoisotopic (exact) mass is 769 g/mol. The number of ether oxygens (including phenoxy) is 1. The van der Waals surface area contributed by atoms with Crippen LogP contribution in [0, 0.1) is 23.5 Å². The number of aromatic nitrogens is 2. The average Bonchev–Trinajstić information content (AvgIpc) is 3.22. The smallest absolute Gasteiger partial charge is 0.339 e. The number of hydrogen-bond acceptors (Lipinski definition) is 10. The van der Waals surface area contributed by atoms with Crippen molar-refractivity contribution in [3.05, 3.63) is 119 Å². The lowest BCUT2D eigenvalue weighted by atomic mass is 9.95. The number of carbonyl (C=O) groups is 4. The number of nitrogens with two attached hydrogens (primary N) is 1. The molecule has 2 saturated heterocycles. The van der Waals surface area contributed by atoms with Crippen molar-refractivity contribution in [2.75, 3.05) is 63.7 Å². The molecule has 2 aliphatic rings. The maximum absolute atomic E-state index is 13.8. The number of pyridine rings is 2. The minimum atomic E-state index is -0.469. The number of Topliss-reactive ketones (excluding diaryl/α,β-unsaturated/α-hetero) is 1. The molecule has 56 heavy (non-hydrogen) atoms. The SMILES string of the molecule is CN1CCC(C(=O)N(Cc2ccc(C(=O)CN)cn2)c2cccc(F)c2)CC1.COC(=O)c1ccc(CN(C(=O)C2CCN(C)CC2)c2cccc(F)c2)nc1. The maximum atomic E-state index is 13.8. The van der Waals surface area contributed by atoms with Gasteiger partial charge in [-0.05, 0) is 127 Å². The van der Waals surface area contributed by atoms with Crippen LogP contribution < -0.4 is 15.5 Å². The number of carbonyl (C=O) groups excluding carboxylic acids is 4. The Hall–Kier alpha value is -5.44. The Labute approximate surface area is 326 Å². The van der Waals surface area contributed by atoms with Gasteiger partial charge in [0.2, 0.25) is 11.8 Å². The van der Waals surface area contributed by atoms with E-state index < -0.39 is 17.6 Å². The van der Waals surface area contributed by atoms with Gasteiger partial charge in [0.25, 0.3) is 0 Å². The van der Waals surface area contributed by atoms with Crippen molar-refractivity contribution < 1.29 is 32.7 Å². The molecular weight excluding hydrogens is 721 g/mol. The molecule has 2 aromatic carbocycles. The number of rotatable bonds is 11. The molecule has 4 heterocycles. The summed E-state index contributed by atoms with van der Waals surface area (Å²) in [5.41, 5.74) is 8.39. The molecule has 2 amide bonds. The molecule has 0 bridgehead atoms. The fourth-order valence-corrected chi connectivity index (χ4v) is 6.71. The van der Waals surface area contributed by atoms with E-state index in [2.05, 4.69) is 24.5 Å². The van der Waals surface area contributed by atoms with Gasteiger partial charge in [0.1, 0.15) is 11.6 Å². The number of halogens is 2. The Morgan fingerprint density at radius 3 is 1.48 bits per heavy atom. The zero-order valence-corrected chi connectivity index (χ0v) is 32.1. The van der Waals surface area contributed by atoms with Crippen molar-refractivity contribution >= 4 is 34.9 Å². The number of anilines is 2. The standard InChI is InChI=1S/C21H25FN4O2.C21H24FN3O3/c1-25-9-7-15(8-10-25)21(28)26(19-4-2-3-17(22)11-19)14-18-6-5-16(13-24-18)20(27)12-23;1-24-10-8-15(9-11-24)20(26)25(19-5-3-4-17(22)12-19)14-18-7-6-16(13-23-18)21(27)28-2/h2-6,11,13,15H,7-10,12,14,23H2,1H3;3-7,12-13,15H,8-11,14H2,1-2H3. The van der Waals surface area contributed by atoms with Crippen LogP contribution in [-0.2, 0) is 27.4 Å². The Morgan fingerprint density at radius 2 is 1.12 bits per heavy atom. The van der Waals surface area contributed by atoms with Gasteiger partial charge in [-0.25, -0.2) is 13.6 Å². The third kappa shape index (κ3) is 11.3. The predicted octanol–water partition coefficient (Wildman–Crippen LogP) is 5.12. The Morgan fingerprint density at radius 1 is 0.696 bits per heavy atom. The molecule has 296 valence electrons. The number of esters is 1. The minimum Gasteiger partial charge on any atom is -0.465 e. The number of hydrogen-bond donors (Lipinski definition) is 1. The third-order valence-electron chi connectivity index (χ3n) is 10.1. The molecule has 2 aromatic heterocycles. The second-order valence-corrected chi connectivity index (χ2v) is 14.2. The molecule has 14 heteroatoms. The zero-order chi connectivity index (χ0) is 40.2. The highest BCUT2D eigenvalue weighted by atomic mass is 19.1. The summed E-state index contributed by atoms with van der Waals surface area (Å²) in [7, 11) is 5.39. The van der Waals surface area contributed by atoms with Gasteiger partial charge in [-0.1, -0.05) is 12.1 Å². The largest absolute Gasteiger partial charge is 0.465 e. The van der Waals surface area contributed by atoms with Crippen LogP contribution in [0.25, 0.3) is 0 Å². The van der Waals surface area contributed by atoms with Gasteiger partial charge in [-0.3, -0.25) is 24.4 Å². The Bertz CT molecular complexity index is 1810. The minimum absolute atomic E-state index is 0.0254. The normalized spacial score (nSPS) is 15.3. The quantitative estimate of drug-likeness (QED) is 0.162. The van der Waals surface area contributed by atoms with Crippen LogP contribution in [0.4, 0.5) is 20.2 Å². The molecule has 0 atom stereocenters. The summed E-state index contributed by atoms with van der Waals surface area (Å²) in [6, 6.07) is 18.7. The molecule has 0 radical (unpaired) electrons. The summed E-state index contributed by atoms with van der Waals surface area (Å²) in [4.78, 5) is 65.9. The van der Waals surface area contributed by atoms with E-state index in [0.29, 0.717) is 33.9 Å². The Balaban J connectivity index is 0.000000214. The first-order valence-corrected chi connectivity index (χ1v) is 18.7. The number of benzene rings is 2. The molecule has 0 spiro atoms. The van der Waals surface area contributed by atoms with Crippen molar-refractivity contribution in [1.82, 2.24) is 19.8 Å². The highest BCUT2D eigenvalue weighted by Crippen LogP contribution is 2.27.